The summed E-state index contributed by atoms with van der Waals surface area (Å²) in [6.45, 7) is 0. The summed E-state index contributed by atoms with van der Waals surface area (Å²) in [6, 6.07) is 7.69. The molecule has 0 saturated heterocycles. The Morgan fingerprint density at radius 3 is 0.655 bits per heavy atom. The zero-order valence-electron chi connectivity index (χ0n) is 13.7. The maximum Gasteiger partial charge on any atom is 4.00 e. The van der Waals surface area contributed by atoms with E-state index in [0.29, 0.717) is 0 Å². The third-order valence-electron chi connectivity index (χ3n) is 2.78. The minimum atomic E-state index is -4.95. The predicted molar refractivity (Wildman–Crippen MR) is 90.5 cm³/mol. The van der Waals surface area contributed by atoms with Crippen LogP contribution in [0.15, 0.2) is 68.1 Å². The van der Waals surface area contributed by atoms with E-state index in [1.54, 1.807) is 0 Å². The molecule has 0 amide bonds. The summed E-state index contributed by atoms with van der Waals surface area (Å²) in [5, 5.41) is 0. The molecule has 0 N–H and O–H groups in total. The van der Waals surface area contributed by atoms with Crippen LogP contribution < -0.4 is 0 Å². The molecule has 0 aliphatic carbocycles. The molecule has 0 aromatic heterocycles. The van der Waals surface area contributed by atoms with E-state index in [2.05, 4.69) is 0 Å². The fourth-order valence-electron chi connectivity index (χ4n) is 1.73. The summed E-state index contributed by atoms with van der Waals surface area (Å²) in [4.78, 5) is -4.07. The van der Waals surface area contributed by atoms with E-state index in [0.717, 1.165) is 48.5 Å². The molecule has 0 atom stereocenters. The Kier molecular flexibility index (Phi) is 9.41. The summed E-state index contributed by atoms with van der Waals surface area (Å²) in [5.74, 6) is 0. The van der Waals surface area contributed by atoms with E-state index in [4.69, 9.17) is 0 Å². The van der Waals surface area contributed by atoms with Gasteiger partial charge in [0, 0.05) is 0 Å². The third kappa shape index (κ3) is 8.26. The molecule has 0 unspecified atom stereocenters. The number of rotatable bonds is 4. The van der Waals surface area contributed by atoms with Crippen LogP contribution in [-0.4, -0.2) is 75.8 Å². The summed E-state index contributed by atoms with van der Waals surface area (Å²) < 4.78 is 126. The van der Waals surface area contributed by atoms with Crippen LogP contribution in [0.1, 0.15) is 0 Å². The average molecular weight is 591 g/mol. The molecular weight excluding hydrogens is 583 g/mol. The molecule has 0 spiro atoms. The van der Waals surface area contributed by atoms with Gasteiger partial charge in [0.2, 0.25) is 0 Å². The quantitative estimate of drug-likeness (QED) is 0.296. The third-order valence-corrected chi connectivity index (χ3v) is 6.61. The standard InChI is InChI=1S/2C6H6O6S2.Sn/c2*7-13(8,9)5-3-1-2-4-6(5)14(10,11)12;/h2*1-4H,(H,7,8,9)(H,10,11,12);/q;;+4/p-4. The van der Waals surface area contributed by atoms with Crippen LogP contribution in [0.2, 0.25) is 0 Å². The van der Waals surface area contributed by atoms with E-state index in [1.807, 2.05) is 0 Å². The molecular formula is C12H8O12S4Sn. The van der Waals surface area contributed by atoms with Gasteiger partial charge in [0.05, 0.1) is 19.6 Å². The van der Waals surface area contributed by atoms with E-state index in [-0.39, 0.29) is 23.9 Å². The molecule has 0 fully saturated rings. The Balaban J connectivity index is 0.000000523. The van der Waals surface area contributed by atoms with Crippen molar-refractivity contribution in [2.24, 2.45) is 0 Å². The van der Waals surface area contributed by atoms with E-state index < -0.39 is 60.1 Å². The van der Waals surface area contributed by atoms with Crippen molar-refractivity contribution in [3.63, 3.8) is 0 Å². The predicted octanol–water partition coefficient (Wildman–Crippen LogP) is -1.39. The van der Waals surface area contributed by atoms with E-state index in [9.17, 15) is 51.9 Å². The molecule has 12 nitrogen and oxygen atoms in total. The summed E-state index contributed by atoms with van der Waals surface area (Å²) in [6.07, 6.45) is 0. The molecule has 156 valence electrons. The van der Waals surface area contributed by atoms with Crippen LogP contribution in [0.3, 0.4) is 0 Å². The van der Waals surface area contributed by atoms with Gasteiger partial charge in [0.25, 0.3) is 0 Å². The van der Waals surface area contributed by atoms with Crippen molar-refractivity contribution < 1.29 is 51.9 Å². The number of hydrogen-bond acceptors (Lipinski definition) is 12. The van der Waals surface area contributed by atoms with Gasteiger partial charge in [0.15, 0.2) is 0 Å². The van der Waals surface area contributed by atoms with Gasteiger partial charge in [-0.1, -0.05) is 24.3 Å². The zero-order chi connectivity index (χ0) is 22.0. The Bertz CT molecular complexity index is 1090. The first kappa shape index (κ1) is 27.9. The first-order chi connectivity index (χ1) is 12.5. The molecule has 0 bridgehead atoms. The van der Waals surface area contributed by atoms with Gasteiger partial charge < -0.3 is 18.2 Å². The van der Waals surface area contributed by atoms with Crippen LogP contribution >= 0.6 is 0 Å². The van der Waals surface area contributed by atoms with Gasteiger partial charge in [-0.2, -0.15) is 0 Å². The smallest absolute Gasteiger partial charge is 0.744 e. The molecule has 2 aromatic carbocycles. The first-order valence-corrected chi connectivity index (χ1v) is 12.1. The van der Waals surface area contributed by atoms with E-state index in [1.165, 1.54) is 0 Å². The van der Waals surface area contributed by atoms with Crippen molar-refractivity contribution in [2.45, 2.75) is 19.6 Å². The summed E-state index contributed by atoms with van der Waals surface area (Å²) in [5.41, 5.74) is 0. The maximum atomic E-state index is 10.5. The molecule has 0 aliphatic heterocycles. The first-order valence-electron chi connectivity index (χ1n) is 6.47. The van der Waals surface area contributed by atoms with Gasteiger partial charge >= 0.3 is 23.9 Å². The van der Waals surface area contributed by atoms with Gasteiger partial charge in [-0.05, 0) is 24.3 Å². The van der Waals surface area contributed by atoms with E-state index >= 15 is 0 Å². The van der Waals surface area contributed by atoms with Crippen LogP contribution in [0.4, 0.5) is 0 Å². The van der Waals surface area contributed by atoms with Gasteiger partial charge in [-0.15, -0.1) is 0 Å². The van der Waals surface area contributed by atoms with Crippen LogP contribution in [0.25, 0.3) is 0 Å². The summed E-state index contributed by atoms with van der Waals surface area (Å²) >= 11 is 0. The van der Waals surface area contributed by atoms with Crippen LogP contribution in [-0.2, 0) is 40.5 Å². The Labute approximate surface area is 183 Å². The second-order valence-corrected chi connectivity index (χ2v) is 10.1. The fraction of sp³-hybridized carbons (Fsp3) is 0. The SMILES string of the molecule is O=S(=O)([O-])c1ccccc1S(=O)(=O)[O-].O=S(=O)([O-])c1ccccc1S(=O)(=O)[O-].[Sn+4]. The van der Waals surface area contributed by atoms with Crippen molar-refractivity contribution in [2.75, 3.05) is 0 Å². The van der Waals surface area contributed by atoms with Crippen molar-refractivity contribution in [3.05, 3.63) is 48.5 Å². The molecule has 29 heavy (non-hydrogen) atoms. The Morgan fingerprint density at radius 2 is 0.552 bits per heavy atom. The Hall–Kier alpha value is -1.12. The van der Waals surface area contributed by atoms with Crippen molar-refractivity contribution >= 4 is 64.4 Å². The summed E-state index contributed by atoms with van der Waals surface area (Å²) in [7, 11) is -19.8. The van der Waals surface area contributed by atoms with Crippen LogP contribution in [0, 0.1) is 0 Å². The normalized spacial score (nSPS) is 12.3. The number of benzene rings is 2. The van der Waals surface area contributed by atoms with Crippen molar-refractivity contribution in [1.82, 2.24) is 0 Å². The minimum absolute atomic E-state index is 0. The molecule has 2 rings (SSSR count). The second-order valence-electron chi connectivity index (χ2n) is 4.71. The number of hydrogen-bond donors (Lipinski definition) is 0. The molecule has 0 saturated carbocycles. The largest absolute Gasteiger partial charge is 4.00 e. The van der Waals surface area contributed by atoms with Crippen molar-refractivity contribution in [1.29, 1.82) is 0 Å². The monoisotopic (exact) mass is 592 g/mol. The van der Waals surface area contributed by atoms with Crippen LogP contribution in [0.5, 0.6) is 0 Å². The molecule has 17 heteroatoms. The Morgan fingerprint density at radius 1 is 0.414 bits per heavy atom. The van der Waals surface area contributed by atoms with Gasteiger partial charge in [-0.3, -0.25) is 0 Å². The van der Waals surface area contributed by atoms with Gasteiger partial charge in [-0.25, -0.2) is 33.7 Å². The van der Waals surface area contributed by atoms with Gasteiger partial charge in [0.1, 0.15) is 40.5 Å². The molecule has 0 radical (unpaired) electrons. The molecule has 0 heterocycles. The average Bonchev–Trinajstić information content (AvgIpc) is 2.52. The molecule has 0 aliphatic rings. The topological polar surface area (TPSA) is 229 Å². The zero-order valence-corrected chi connectivity index (χ0v) is 19.8. The minimum Gasteiger partial charge on any atom is -0.744 e. The maximum absolute atomic E-state index is 10.5. The second kappa shape index (κ2) is 9.79. The fourth-order valence-corrected chi connectivity index (χ4v) is 5.19. The van der Waals surface area contributed by atoms with Crippen molar-refractivity contribution in [3.8, 4) is 0 Å². The molecule has 2 aromatic rings.